The zero-order chi connectivity index (χ0) is 12.2. The van der Waals surface area contributed by atoms with Crippen molar-refractivity contribution in [3.05, 3.63) is 34.9 Å². The molecule has 16 heavy (non-hydrogen) atoms. The summed E-state index contributed by atoms with van der Waals surface area (Å²) in [6.45, 7) is 4.63. The lowest BCUT2D eigenvalue weighted by Gasteiger charge is -2.32. The summed E-state index contributed by atoms with van der Waals surface area (Å²) in [6.07, 6.45) is 0.643. The maximum atomic E-state index is 5.63. The van der Waals surface area contributed by atoms with E-state index in [2.05, 4.69) is 32.0 Å². The van der Waals surface area contributed by atoms with Gasteiger partial charge in [-0.2, -0.15) is 0 Å². The highest BCUT2D eigenvalue weighted by Crippen LogP contribution is 2.32. The normalized spacial score (nSPS) is 11.8. The fourth-order valence-corrected chi connectivity index (χ4v) is 1.98. The third-order valence-electron chi connectivity index (χ3n) is 2.94. The molecule has 0 aromatic heterocycles. The first-order chi connectivity index (χ1) is 7.59. The summed E-state index contributed by atoms with van der Waals surface area (Å²) < 4.78 is 11.1. The van der Waals surface area contributed by atoms with Gasteiger partial charge in [-0.3, -0.25) is 0 Å². The topological polar surface area (TPSA) is 44.5 Å². The molecule has 0 fully saturated rings. The van der Waals surface area contributed by atoms with Gasteiger partial charge in [0.1, 0.15) is 0 Å². The predicted molar refractivity (Wildman–Crippen MR) is 65.3 cm³/mol. The van der Waals surface area contributed by atoms with Crippen LogP contribution in [0.3, 0.4) is 0 Å². The summed E-state index contributed by atoms with van der Waals surface area (Å²) in [5.74, 6) is -0.717. The van der Waals surface area contributed by atoms with E-state index in [-0.39, 0.29) is 0 Å². The van der Waals surface area contributed by atoms with E-state index in [4.69, 9.17) is 15.2 Å². The van der Waals surface area contributed by atoms with Crippen LogP contribution in [0.15, 0.2) is 18.2 Å². The number of rotatable bonds is 5. The number of methoxy groups -OCH3 is 2. The second kappa shape index (κ2) is 5.43. The molecule has 0 aliphatic heterocycles. The Hall–Kier alpha value is -0.900. The predicted octanol–water partition coefficient (Wildman–Crippen LogP) is 2.10. The Kier molecular flexibility index (Phi) is 4.47. The monoisotopic (exact) mass is 223 g/mol. The summed E-state index contributed by atoms with van der Waals surface area (Å²) in [5.41, 5.74) is 9.04. The standard InChI is InChI=1S/C13H21NO2/c1-10-5-6-11(2)12(9-10)13(15-3,16-4)7-8-14/h5-6,9H,7-8,14H2,1-4H3. The van der Waals surface area contributed by atoms with Crippen molar-refractivity contribution in [1.29, 1.82) is 0 Å². The van der Waals surface area contributed by atoms with Gasteiger partial charge < -0.3 is 15.2 Å². The minimum atomic E-state index is -0.717. The molecule has 0 radical (unpaired) electrons. The molecule has 1 aromatic carbocycles. The highest BCUT2D eigenvalue weighted by molar-refractivity contribution is 5.34. The van der Waals surface area contributed by atoms with E-state index < -0.39 is 5.79 Å². The van der Waals surface area contributed by atoms with Gasteiger partial charge in [0.15, 0.2) is 5.79 Å². The highest BCUT2D eigenvalue weighted by atomic mass is 16.7. The summed E-state index contributed by atoms with van der Waals surface area (Å²) >= 11 is 0. The molecule has 0 unspecified atom stereocenters. The lowest BCUT2D eigenvalue weighted by molar-refractivity contribution is -0.218. The van der Waals surface area contributed by atoms with Crippen LogP contribution in [0, 0.1) is 13.8 Å². The van der Waals surface area contributed by atoms with Crippen molar-refractivity contribution >= 4 is 0 Å². The smallest absolute Gasteiger partial charge is 0.195 e. The molecule has 0 amide bonds. The molecule has 1 aromatic rings. The average molecular weight is 223 g/mol. The maximum Gasteiger partial charge on any atom is 0.195 e. The highest BCUT2D eigenvalue weighted by Gasteiger charge is 2.32. The molecule has 1 rings (SSSR count). The van der Waals surface area contributed by atoms with Crippen molar-refractivity contribution in [2.75, 3.05) is 20.8 Å². The fourth-order valence-electron chi connectivity index (χ4n) is 1.98. The zero-order valence-corrected chi connectivity index (χ0v) is 10.5. The third-order valence-corrected chi connectivity index (χ3v) is 2.94. The average Bonchev–Trinajstić information content (AvgIpc) is 2.30. The van der Waals surface area contributed by atoms with Crippen LogP contribution in [0.2, 0.25) is 0 Å². The Labute approximate surface area is 97.6 Å². The minimum Gasteiger partial charge on any atom is -0.349 e. The van der Waals surface area contributed by atoms with E-state index in [0.29, 0.717) is 13.0 Å². The van der Waals surface area contributed by atoms with Gasteiger partial charge in [-0.05, 0) is 26.0 Å². The van der Waals surface area contributed by atoms with Crippen LogP contribution in [0.5, 0.6) is 0 Å². The van der Waals surface area contributed by atoms with E-state index in [1.54, 1.807) is 14.2 Å². The van der Waals surface area contributed by atoms with Crippen molar-refractivity contribution in [3.8, 4) is 0 Å². The van der Waals surface area contributed by atoms with Crippen LogP contribution in [0.4, 0.5) is 0 Å². The molecule has 0 bridgehead atoms. The first-order valence-corrected chi connectivity index (χ1v) is 5.47. The van der Waals surface area contributed by atoms with Gasteiger partial charge in [-0.15, -0.1) is 0 Å². The Morgan fingerprint density at radius 3 is 2.31 bits per heavy atom. The Balaban J connectivity index is 3.23. The molecule has 3 nitrogen and oxygen atoms in total. The molecular weight excluding hydrogens is 202 g/mol. The van der Waals surface area contributed by atoms with Crippen LogP contribution in [0.1, 0.15) is 23.1 Å². The van der Waals surface area contributed by atoms with Crippen molar-refractivity contribution in [2.45, 2.75) is 26.1 Å². The molecule has 2 N–H and O–H groups in total. The third kappa shape index (κ3) is 2.43. The van der Waals surface area contributed by atoms with Crippen LogP contribution >= 0.6 is 0 Å². The minimum absolute atomic E-state index is 0.523. The number of ether oxygens (including phenoxy) is 2. The van der Waals surface area contributed by atoms with Gasteiger partial charge >= 0.3 is 0 Å². The van der Waals surface area contributed by atoms with Crippen LogP contribution in [0.25, 0.3) is 0 Å². The number of benzene rings is 1. The van der Waals surface area contributed by atoms with Crippen LogP contribution in [-0.4, -0.2) is 20.8 Å². The molecule has 0 atom stereocenters. The quantitative estimate of drug-likeness (QED) is 0.777. The van der Waals surface area contributed by atoms with Gasteiger partial charge in [0.05, 0.1) is 0 Å². The maximum absolute atomic E-state index is 5.63. The molecule has 90 valence electrons. The largest absolute Gasteiger partial charge is 0.349 e. The number of nitrogens with two attached hydrogens (primary N) is 1. The zero-order valence-electron chi connectivity index (χ0n) is 10.5. The molecule has 0 aliphatic rings. The number of hydrogen-bond donors (Lipinski definition) is 1. The van der Waals surface area contributed by atoms with Crippen molar-refractivity contribution in [3.63, 3.8) is 0 Å². The summed E-state index contributed by atoms with van der Waals surface area (Å²) in [5, 5.41) is 0. The van der Waals surface area contributed by atoms with Gasteiger partial charge in [0.25, 0.3) is 0 Å². The fraction of sp³-hybridized carbons (Fsp3) is 0.538. The van der Waals surface area contributed by atoms with Crippen molar-refractivity contribution in [1.82, 2.24) is 0 Å². The Morgan fingerprint density at radius 1 is 1.19 bits per heavy atom. The molecule has 0 spiro atoms. The van der Waals surface area contributed by atoms with Gasteiger partial charge in [-0.25, -0.2) is 0 Å². The molecule has 0 aliphatic carbocycles. The van der Waals surface area contributed by atoms with Gasteiger partial charge in [-0.1, -0.05) is 23.8 Å². The van der Waals surface area contributed by atoms with E-state index >= 15 is 0 Å². The van der Waals surface area contributed by atoms with Crippen molar-refractivity contribution in [2.24, 2.45) is 5.73 Å². The molecule has 0 heterocycles. The Morgan fingerprint density at radius 2 is 1.81 bits per heavy atom. The second-order valence-corrected chi connectivity index (χ2v) is 4.02. The second-order valence-electron chi connectivity index (χ2n) is 4.02. The molecule has 0 saturated heterocycles. The summed E-state index contributed by atoms with van der Waals surface area (Å²) in [4.78, 5) is 0. The van der Waals surface area contributed by atoms with Gasteiger partial charge in [0.2, 0.25) is 0 Å². The van der Waals surface area contributed by atoms with Crippen molar-refractivity contribution < 1.29 is 9.47 Å². The van der Waals surface area contributed by atoms with Crippen LogP contribution in [-0.2, 0) is 15.3 Å². The molecular formula is C13H21NO2. The number of aryl methyl sites for hydroxylation is 2. The molecule has 0 saturated carbocycles. The van der Waals surface area contributed by atoms with E-state index in [0.717, 1.165) is 11.1 Å². The first-order valence-electron chi connectivity index (χ1n) is 5.47. The van der Waals surface area contributed by atoms with Crippen LogP contribution < -0.4 is 5.73 Å². The van der Waals surface area contributed by atoms with Gasteiger partial charge in [0, 0.05) is 26.2 Å². The Bertz CT molecular complexity index is 346. The number of hydrogen-bond acceptors (Lipinski definition) is 3. The SMILES string of the molecule is COC(CCN)(OC)c1cc(C)ccc1C. The lowest BCUT2D eigenvalue weighted by Crippen LogP contribution is -2.34. The summed E-state index contributed by atoms with van der Waals surface area (Å²) in [7, 11) is 3.31. The first kappa shape index (κ1) is 13.2. The molecule has 3 heteroatoms. The van der Waals surface area contributed by atoms with E-state index in [1.807, 2.05) is 0 Å². The van der Waals surface area contributed by atoms with E-state index in [1.165, 1.54) is 5.56 Å². The van der Waals surface area contributed by atoms with E-state index in [9.17, 15) is 0 Å². The lowest BCUT2D eigenvalue weighted by atomic mass is 9.95. The summed E-state index contributed by atoms with van der Waals surface area (Å²) in [6, 6.07) is 6.25.